The van der Waals surface area contributed by atoms with Gasteiger partial charge in [-0.3, -0.25) is 4.79 Å². The molecule has 0 fully saturated rings. The molecule has 0 bridgehead atoms. The lowest BCUT2D eigenvalue weighted by molar-refractivity contribution is -0.149. The number of esters is 1. The van der Waals surface area contributed by atoms with Crippen LogP contribution in [-0.4, -0.2) is 45.9 Å². The van der Waals surface area contributed by atoms with E-state index < -0.39 is 11.5 Å². The predicted octanol–water partition coefficient (Wildman–Crippen LogP) is 1.71. The highest BCUT2D eigenvalue weighted by atomic mass is 16.5. The summed E-state index contributed by atoms with van der Waals surface area (Å²) in [5.74, 6) is 0.812. The number of hydrogen-bond acceptors (Lipinski definition) is 6. The van der Waals surface area contributed by atoms with Gasteiger partial charge in [0, 0.05) is 6.42 Å². The topological polar surface area (TPSA) is 83.1 Å². The molecule has 0 radical (unpaired) electrons. The van der Waals surface area contributed by atoms with Crippen LogP contribution in [0.5, 0.6) is 17.2 Å². The van der Waals surface area contributed by atoms with Crippen molar-refractivity contribution in [1.29, 1.82) is 0 Å². The average molecular weight is 339 g/mol. The molecule has 7 nitrogen and oxygen atoms in total. The van der Waals surface area contributed by atoms with E-state index in [4.69, 9.17) is 14.2 Å². The molecule has 0 aromatic heterocycles. The number of aryl methyl sites for hydroxylation is 1. The number of ether oxygens (including phenoxy) is 4. The van der Waals surface area contributed by atoms with Crippen LogP contribution in [0.2, 0.25) is 0 Å². The fourth-order valence-corrected chi connectivity index (χ4v) is 2.25. The molecule has 1 rings (SSSR count). The van der Waals surface area contributed by atoms with Gasteiger partial charge in [0.15, 0.2) is 11.5 Å². The third-order valence-corrected chi connectivity index (χ3v) is 3.51. The van der Waals surface area contributed by atoms with Gasteiger partial charge in [-0.15, -0.1) is 0 Å². The van der Waals surface area contributed by atoms with Crippen LogP contribution in [-0.2, 0) is 20.7 Å². The molecule has 0 aliphatic carbocycles. The second-order valence-corrected chi connectivity index (χ2v) is 5.70. The minimum atomic E-state index is -1.07. The smallest absolute Gasteiger partial charge is 0.330 e. The van der Waals surface area contributed by atoms with Crippen molar-refractivity contribution >= 4 is 11.9 Å². The largest absolute Gasteiger partial charge is 0.493 e. The number of benzene rings is 1. The minimum Gasteiger partial charge on any atom is -0.493 e. The fraction of sp³-hybridized carbons (Fsp3) is 0.529. The van der Waals surface area contributed by atoms with Gasteiger partial charge in [-0.25, -0.2) is 4.79 Å². The molecule has 0 atom stereocenters. The van der Waals surface area contributed by atoms with Crippen molar-refractivity contribution in [2.45, 2.75) is 32.2 Å². The average Bonchev–Trinajstić information content (AvgIpc) is 2.57. The van der Waals surface area contributed by atoms with Crippen LogP contribution in [0.1, 0.15) is 25.8 Å². The molecule has 0 heterocycles. The Morgan fingerprint density at radius 3 is 1.96 bits per heavy atom. The Hall–Kier alpha value is -2.44. The summed E-state index contributed by atoms with van der Waals surface area (Å²) in [6, 6.07) is 3.58. The molecule has 0 aliphatic rings. The Bertz CT molecular complexity index is 572. The van der Waals surface area contributed by atoms with Gasteiger partial charge in [-0.05, 0) is 38.0 Å². The second kappa shape index (κ2) is 8.42. The lowest BCUT2D eigenvalue weighted by Crippen LogP contribution is -2.50. The molecule has 0 unspecified atom stereocenters. The van der Waals surface area contributed by atoms with Gasteiger partial charge < -0.3 is 24.3 Å². The van der Waals surface area contributed by atoms with Crippen LogP contribution in [0.3, 0.4) is 0 Å². The number of carbonyl (C=O) groups is 2. The molecule has 1 N–H and O–H groups in total. The quantitative estimate of drug-likeness (QED) is 0.726. The highest BCUT2D eigenvalue weighted by Gasteiger charge is 2.30. The van der Waals surface area contributed by atoms with Crippen molar-refractivity contribution in [2.75, 3.05) is 28.4 Å². The summed E-state index contributed by atoms with van der Waals surface area (Å²) in [7, 11) is 5.88. The molecule has 0 spiro atoms. The first-order valence-electron chi connectivity index (χ1n) is 7.47. The summed E-state index contributed by atoms with van der Waals surface area (Å²) >= 11 is 0. The molecular weight excluding hydrogens is 314 g/mol. The highest BCUT2D eigenvalue weighted by molar-refractivity contribution is 5.87. The van der Waals surface area contributed by atoms with E-state index in [1.54, 1.807) is 26.0 Å². The van der Waals surface area contributed by atoms with Gasteiger partial charge in [0.25, 0.3) is 0 Å². The SMILES string of the molecule is COC(=O)C(C)(C)NC(=O)CCc1cc(OC)c(OC)c(OC)c1. The van der Waals surface area contributed by atoms with Crippen LogP contribution < -0.4 is 19.5 Å². The Kier molecular flexibility index (Phi) is 6.88. The summed E-state index contributed by atoms with van der Waals surface area (Å²) in [6.07, 6.45) is 0.666. The van der Waals surface area contributed by atoms with E-state index >= 15 is 0 Å². The Morgan fingerprint density at radius 2 is 1.54 bits per heavy atom. The van der Waals surface area contributed by atoms with Gasteiger partial charge in [0.2, 0.25) is 11.7 Å². The maximum Gasteiger partial charge on any atom is 0.330 e. The summed E-state index contributed by atoms with van der Waals surface area (Å²) < 4.78 is 20.5. The lowest BCUT2D eigenvalue weighted by atomic mass is 10.0. The van der Waals surface area contributed by atoms with E-state index in [2.05, 4.69) is 10.1 Å². The van der Waals surface area contributed by atoms with Crippen LogP contribution in [0, 0.1) is 0 Å². The molecule has 1 aromatic carbocycles. The molecule has 1 aromatic rings. The van der Waals surface area contributed by atoms with E-state index in [0.717, 1.165) is 5.56 Å². The summed E-state index contributed by atoms with van der Waals surface area (Å²) in [6.45, 7) is 3.19. The van der Waals surface area contributed by atoms with Gasteiger partial charge in [0.05, 0.1) is 28.4 Å². The number of methoxy groups -OCH3 is 4. The molecule has 24 heavy (non-hydrogen) atoms. The summed E-state index contributed by atoms with van der Waals surface area (Å²) in [5, 5.41) is 2.66. The Balaban J connectivity index is 2.80. The molecule has 0 saturated carbocycles. The zero-order chi connectivity index (χ0) is 18.3. The number of rotatable bonds is 8. The van der Waals surface area contributed by atoms with Gasteiger partial charge in [-0.2, -0.15) is 0 Å². The summed E-state index contributed by atoms with van der Waals surface area (Å²) in [5.41, 5.74) is -0.211. The van der Waals surface area contributed by atoms with Crippen LogP contribution >= 0.6 is 0 Å². The van der Waals surface area contributed by atoms with E-state index in [9.17, 15) is 9.59 Å². The first-order valence-corrected chi connectivity index (χ1v) is 7.47. The van der Waals surface area contributed by atoms with Crippen molar-refractivity contribution in [3.8, 4) is 17.2 Å². The number of amides is 1. The minimum absolute atomic E-state index is 0.207. The van der Waals surface area contributed by atoms with Gasteiger partial charge >= 0.3 is 5.97 Å². The number of nitrogens with one attached hydrogen (secondary N) is 1. The maximum atomic E-state index is 12.1. The fourth-order valence-electron chi connectivity index (χ4n) is 2.25. The number of hydrogen-bond donors (Lipinski definition) is 1. The first kappa shape index (κ1) is 19.6. The monoisotopic (exact) mass is 339 g/mol. The first-order chi connectivity index (χ1) is 11.3. The highest BCUT2D eigenvalue weighted by Crippen LogP contribution is 2.38. The molecule has 0 aliphatic heterocycles. The van der Waals surface area contributed by atoms with Crippen LogP contribution in [0.15, 0.2) is 12.1 Å². The lowest BCUT2D eigenvalue weighted by Gasteiger charge is -2.23. The van der Waals surface area contributed by atoms with Crippen LogP contribution in [0.4, 0.5) is 0 Å². The predicted molar refractivity (Wildman–Crippen MR) is 88.7 cm³/mol. The zero-order valence-electron chi connectivity index (χ0n) is 15.0. The van der Waals surface area contributed by atoms with Crippen molar-refractivity contribution in [1.82, 2.24) is 5.32 Å². The Labute approximate surface area is 142 Å². The second-order valence-electron chi connectivity index (χ2n) is 5.70. The van der Waals surface area contributed by atoms with Crippen molar-refractivity contribution < 1.29 is 28.5 Å². The van der Waals surface area contributed by atoms with E-state index in [0.29, 0.717) is 23.7 Å². The Morgan fingerprint density at radius 1 is 1.00 bits per heavy atom. The standard InChI is InChI=1S/C17H25NO6/c1-17(2,16(20)24-6)18-14(19)8-7-11-9-12(21-3)15(23-5)13(10-11)22-4/h9-10H,7-8H2,1-6H3,(H,18,19). The molecular formula is C17H25NO6. The third kappa shape index (κ3) is 4.78. The third-order valence-electron chi connectivity index (χ3n) is 3.51. The number of carbonyl (C=O) groups excluding carboxylic acids is 2. The van der Waals surface area contributed by atoms with Crippen LogP contribution in [0.25, 0.3) is 0 Å². The van der Waals surface area contributed by atoms with Crippen molar-refractivity contribution in [3.05, 3.63) is 17.7 Å². The maximum absolute atomic E-state index is 12.1. The van der Waals surface area contributed by atoms with Gasteiger partial charge in [-0.1, -0.05) is 0 Å². The van der Waals surface area contributed by atoms with E-state index in [1.165, 1.54) is 28.4 Å². The normalized spacial score (nSPS) is 10.8. The molecule has 134 valence electrons. The van der Waals surface area contributed by atoms with E-state index in [-0.39, 0.29) is 12.3 Å². The van der Waals surface area contributed by atoms with Gasteiger partial charge in [0.1, 0.15) is 5.54 Å². The van der Waals surface area contributed by atoms with Crippen molar-refractivity contribution in [2.24, 2.45) is 0 Å². The molecule has 7 heteroatoms. The zero-order valence-corrected chi connectivity index (χ0v) is 15.0. The molecule has 1 amide bonds. The molecule has 0 saturated heterocycles. The summed E-state index contributed by atoms with van der Waals surface area (Å²) in [4.78, 5) is 23.7. The van der Waals surface area contributed by atoms with E-state index in [1.807, 2.05) is 0 Å². The van der Waals surface area contributed by atoms with Crippen molar-refractivity contribution in [3.63, 3.8) is 0 Å².